The average Bonchev–Trinajstić information content (AvgIpc) is 2.76. The number of anilines is 1. The summed E-state index contributed by atoms with van der Waals surface area (Å²) in [6.07, 6.45) is 1.75. The Morgan fingerprint density at radius 3 is 2.96 bits per heavy atom. The Labute approximate surface area is 140 Å². The van der Waals surface area contributed by atoms with E-state index in [-0.39, 0.29) is 24.3 Å². The fourth-order valence-corrected chi connectivity index (χ4v) is 2.98. The summed E-state index contributed by atoms with van der Waals surface area (Å²) < 4.78 is 5.55. The van der Waals surface area contributed by atoms with Crippen molar-refractivity contribution in [2.24, 2.45) is 0 Å². The molecule has 1 saturated heterocycles. The van der Waals surface area contributed by atoms with Crippen LogP contribution in [0.2, 0.25) is 0 Å². The van der Waals surface area contributed by atoms with E-state index in [0.717, 1.165) is 12.8 Å². The fourth-order valence-electron chi connectivity index (χ4n) is 2.98. The summed E-state index contributed by atoms with van der Waals surface area (Å²) in [5.74, 6) is -0.212. The van der Waals surface area contributed by atoms with Gasteiger partial charge in [-0.05, 0) is 38.3 Å². The van der Waals surface area contributed by atoms with Gasteiger partial charge in [0.15, 0.2) is 6.10 Å². The van der Waals surface area contributed by atoms with Crippen LogP contribution in [0.25, 0.3) is 0 Å². The normalized spacial score (nSPS) is 23.6. The Kier molecular flexibility index (Phi) is 4.69. The van der Waals surface area contributed by atoms with E-state index >= 15 is 0 Å². The van der Waals surface area contributed by atoms with Crippen LogP contribution in [0.15, 0.2) is 24.3 Å². The summed E-state index contributed by atoms with van der Waals surface area (Å²) in [5.41, 5.74) is 0.570. The SMILES string of the molecule is C[C@H]1Oc2ccccc2N(CC(=O)N[C@@H]2CCCCNC2=O)C1=O. The van der Waals surface area contributed by atoms with Gasteiger partial charge in [-0.1, -0.05) is 12.1 Å². The first-order valence-electron chi connectivity index (χ1n) is 8.20. The van der Waals surface area contributed by atoms with E-state index in [1.165, 1.54) is 4.90 Å². The molecule has 0 radical (unpaired) electrons. The maximum Gasteiger partial charge on any atom is 0.268 e. The number of para-hydroxylation sites is 2. The van der Waals surface area contributed by atoms with Crippen molar-refractivity contribution in [3.63, 3.8) is 0 Å². The van der Waals surface area contributed by atoms with Gasteiger partial charge in [0, 0.05) is 6.54 Å². The topological polar surface area (TPSA) is 87.7 Å². The van der Waals surface area contributed by atoms with Gasteiger partial charge in [0.1, 0.15) is 18.3 Å². The lowest BCUT2D eigenvalue weighted by Gasteiger charge is -2.32. The van der Waals surface area contributed by atoms with Crippen LogP contribution in [0, 0.1) is 0 Å². The number of carbonyl (C=O) groups is 3. The van der Waals surface area contributed by atoms with Crippen molar-refractivity contribution in [2.75, 3.05) is 18.0 Å². The minimum atomic E-state index is -0.645. The summed E-state index contributed by atoms with van der Waals surface area (Å²) in [7, 11) is 0. The van der Waals surface area contributed by atoms with Gasteiger partial charge in [-0.25, -0.2) is 0 Å². The molecule has 0 unspecified atom stereocenters. The molecule has 7 nitrogen and oxygen atoms in total. The van der Waals surface area contributed by atoms with Crippen LogP contribution in [-0.4, -0.2) is 43.0 Å². The van der Waals surface area contributed by atoms with Gasteiger partial charge in [-0.3, -0.25) is 19.3 Å². The standard InChI is InChI=1S/C17H21N3O4/c1-11-17(23)20(13-7-2-3-8-14(13)24-11)10-15(21)19-12-6-4-5-9-18-16(12)22/h2-3,7-8,11-12H,4-6,9-10H2,1H3,(H,18,22)(H,19,21)/t11-,12-/m1/s1. The first kappa shape index (κ1) is 16.3. The predicted molar refractivity (Wildman–Crippen MR) is 87.7 cm³/mol. The molecule has 0 saturated carbocycles. The third kappa shape index (κ3) is 3.34. The summed E-state index contributed by atoms with van der Waals surface area (Å²) in [6.45, 7) is 2.16. The number of hydrogen-bond donors (Lipinski definition) is 2. The number of amides is 3. The average molecular weight is 331 g/mol. The summed E-state index contributed by atoms with van der Waals surface area (Å²) in [4.78, 5) is 38.1. The lowest BCUT2D eigenvalue weighted by atomic mass is 10.1. The highest BCUT2D eigenvalue weighted by Gasteiger charge is 2.33. The zero-order chi connectivity index (χ0) is 17.1. The number of fused-ring (bicyclic) bond motifs is 1. The Balaban J connectivity index is 1.71. The molecule has 0 aliphatic carbocycles. The quantitative estimate of drug-likeness (QED) is 0.848. The molecule has 2 aliphatic rings. The molecule has 0 aromatic heterocycles. The molecule has 2 atom stereocenters. The summed E-state index contributed by atoms with van der Waals surface area (Å²) in [5, 5.41) is 5.52. The number of nitrogens with zero attached hydrogens (tertiary/aromatic N) is 1. The lowest BCUT2D eigenvalue weighted by molar-refractivity contribution is -0.130. The van der Waals surface area contributed by atoms with Crippen LogP contribution in [0.5, 0.6) is 5.75 Å². The van der Waals surface area contributed by atoms with Gasteiger partial charge < -0.3 is 15.4 Å². The molecule has 0 spiro atoms. The van der Waals surface area contributed by atoms with Gasteiger partial charge in [0.25, 0.3) is 5.91 Å². The molecule has 3 amide bonds. The van der Waals surface area contributed by atoms with Crippen molar-refractivity contribution in [1.82, 2.24) is 10.6 Å². The van der Waals surface area contributed by atoms with Crippen molar-refractivity contribution < 1.29 is 19.1 Å². The van der Waals surface area contributed by atoms with Gasteiger partial charge in [-0.15, -0.1) is 0 Å². The van der Waals surface area contributed by atoms with E-state index in [1.807, 2.05) is 6.07 Å². The minimum absolute atomic E-state index is 0.132. The predicted octanol–water partition coefficient (Wildman–Crippen LogP) is 0.585. The van der Waals surface area contributed by atoms with Crippen molar-refractivity contribution in [1.29, 1.82) is 0 Å². The largest absolute Gasteiger partial charge is 0.479 e. The molecular weight excluding hydrogens is 310 g/mol. The van der Waals surface area contributed by atoms with Crippen molar-refractivity contribution in [3.8, 4) is 5.75 Å². The van der Waals surface area contributed by atoms with Crippen LogP contribution >= 0.6 is 0 Å². The molecule has 1 aromatic carbocycles. The molecule has 3 rings (SSSR count). The second-order valence-corrected chi connectivity index (χ2v) is 6.06. The van der Waals surface area contributed by atoms with Crippen LogP contribution in [0.4, 0.5) is 5.69 Å². The monoisotopic (exact) mass is 331 g/mol. The van der Waals surface area contributed by atoms with Crippen LogP contribution in [0.1, 0.15) is 26.2 Å². The van der Waals surface area contributed by atoms with E-state index in [4.69, 9.17) is 4.74 Å². The van der Waals surface area contributed by atoms with E-state index in [9.17, 15) is 14.4 Å². The van der Waals surface area contributed by atoms with Gasteiger partial charge in [0.2, 0.25) is 11.8 Å². The summed E-state index contributed by atoms with van der Waals surface area (Å²) in [6, 6.07) is 6.57. The fraction of sp³-hybridized carbons (Fsp3) is 0.471. The van der Waals surface area contributed by atoms with E-state index < -0.39 is 12.1 Å². The molecule has 7 heteroatoms. The molecule has 1 aromatic rings. The maximum absolute atomic E-state index is 12.4. The third-order valence-corrected chi connectivity index (χ3v) is 4.25. The molecule has 24 heavy (non-hydrogen) atoms. The van der Waals surface area contributed by atoms with E-state index in [2.05, 4.69) is 10.6 Å². The number of rotatable bonds is 3. The van der Waals surface area contributed by atoms with Crippen LogP contribution in [-0.2, 0) is 14.4 Å². The molecule has 2 heterocycles. The van der Waals surface area contributed by atoms with Crippen molar-refractivity contribution >= 4 is 23.4 Å². The van der Waals surface area contributed by atoms with Gasteiger partial charge in [0.05, 0.1) is 5.69 Å². The van der Waals surface area contributed by atoms with Crippen molar-refractivity contribution in [2.45, 2.75) is 38.3 Å². The van der Waals surface area contributed by atoms with Gasteiger partial charge in [-0.2, -0.15) is 0 Å². The minimum Gasteiger partial charge on any atom is -0.479 e. The Morgan fingerprint density at radius 2 is 2.12 bits per heavy atom. The first-order valence-corrected chi connectivity index (χ1v) is 8.20. The highest BCUT2D eigenvalue weighted by Crippen LogP contribution is 2.33. The zero-order valence-corrected chi connectivity index (χ0v) is 13.6. The van der Waals surface area contributed by atoms with Crippen LogP contribution in [0.3, 0.4) is 0 Å². The maximum atomic E-state index is 12.4. The zero-order valence-electron chi connectivity index (χ0n) is 13.6. The number of benzene rings is 1. The second-order valence-electron chi connectivity index (χ2n) is 6.06. The number of hydrogen-bond acceptors (Lipinski definition) is 4. The van der Waals surface area contributed by atoms with E-state index in [1.54, 1.807) is 25.1 Å². The van der Waals surface area contributed by atoms with E-state index in [0.29, 0.717) is 24.4 Å². The Bertz CT molecular complexity index is 661. The molecule has 2 aliphatic heterocycles. The van der Waals surface area contributed by atoms with Gasteiger partial charge >= 0.3 is 0 Å². The number of nitrogens with one attached hydrogen (secondary N) is 2. The number of carbonyl (C=O) groups excluding carboxylic acids is 3. The smallest absolute Gasteiger partial charge is 0.268 e. The molecule has 2 N–H and O–H groups in total. The summed E-state index contributed by atoms with van der Waals surface area (Å²) >= 11 is 0. The Hall–Kier alpha value is -2.57. The highest BCUT2D eigenvalue weighted by atomic mass is 16.5. The highest BCUT2D eigenvalue weighted by molar-refractivity contribution is 6.04. The first-order chi connectivity index (χ1) is 11.6. The second kappa shape index (κ2) is 6.90. The Morgan fingerprint density at radius 1 is 1.33 bits per heavy atom. The van der Waals surface area contributed by atoms with Crippen molar-refractivity contribution in [3.05, 3.63) is 24.3 Å². The molecule has 1 fully saturated rings. The molecule has 0 bridgehead atoms. The molecular formula is C17H21N3O4. The number of ether oxygens (including phenoxy) is 1. The lowest BCUT2D eigenvalue weighted by Crippen LogP contribution is -2.52. The molecule has 128 valence electrons. The third-order valence-electron chi connectivity index (χ3n) is 4.25. The van der Waals surface area contributed by atoms with Crippen LogP contribution < -0.4 is 20.3 Å².